The second kappa shape index (κ2) is 16.5. The normalized spacial score (nSPS) is 13.0. The molecule has 0 radical (unpaired) electrons. The first kappa shape index (κ1) is 27.1. The molecule has 0 aliphatic rings. The van der Waals surface area contributed by atoms with Crippen LogP contribution in [0.1, 0.15) is 50.7 Å². The Morgan fingerprint density at radius 3 is 1.36 bits per heavy atom. The number of ether oxygens (including phenoxy) is 4. The summed E-state index contributed by atoms with van der Waals surface area (Å²) in [4.78, 5) is 0. The number of aliphatic hydroxyl groups excluding tert-OH is 2. The van der Waals surface area contributed by atoms with E-state index in [1.807, 2.05) is 48.5 Å². The Labute approximate surface area is 198 Å². The molecule has 0 bridgehead atoms. The van der Waals surface area contributed by atoms with Crippen LogP contribution in [0.15, 0.2) is 48.5 Å². The van der Waals surface area contributed by atoms with E-state index < -0.39 is 12.2 Å². The van der Waals surface area contributed by atoms with Crippen molar-refractivity contribution in [3.8, 4) is 11.5 Å². The average molecular weight is 461 g/mol. The van der Waals surface area contributed by atoms with Gasteiger partial charge < -0.3 is 29.2 Å². The number of hydrogen-bond donors (Lipinski definition) is 2. The third kappa shape index (κ3) is 12.1. The molecule has 2 unspecified atom stereocenters. The van der Waals surface area contributed by atoms with E-state index in [0.717, 1.165) is 43.6 Å². The molecule has 2 aromatic carbocycles. The summed E-state index contributed by atoms with van der Waals surface area (Å²) in [6.45, 7) is 6.58. The molecule has 0 aliphatic carbocycles. The van der Waals surface area contributed by atoms with Crippen molar-refractivity contribution in [2.75, 3.05) is 39.6 Å². The monoisotopic (exact) mass is 460 g/mol. The molecule has 2 atom stereocenters. The maximum absolute atomic E-state index is 9.93. The fourth-order valence-corrected chi connectivity index (χ4v) is 3.06. The summed E-state index contributed by atoms with van der Waals surface area (Å²) in [7, 11) is 0. The Bertz CT molecular complexity index is 668. The van der Waals surface area contributed by atoms with Gasteiger partial charge in [-0.2, -0.15) is 0 Å². The molecule has 184 valence electrons. The maximum atomic E-state index is 9.93. The number of unbranched alkanes of at least 4 members (excludes halogenated alkanes) is 2. The summed E-state index contributed by atoms with van der Waals surface area (Å²) in [5.41, 5.74) is 2.33. The lowest BCUT2D eigenvalue weighted by Crippen LogP contribution is -2.23. The van der Waals surface area contributed by atoms with Crippen LogP contribution in [0.25, 0.3) is 0 Å². The van der Waals surface area contributed by atoms with Crippen molar-refractivity contribution in [2.24, 2.45) is 0 Å². The van der Waals surface area contributed by atoms with Gasteiger partial charge in [0, 0.05) is 13.2 Å². The van der Waals surface area contributed by atoms with Gasteiger partial charge in [0.2, 0.25) is 0 Å². The highest BCUT2D eigenvalue weighted by Crippen LogP contribution is 2.18. The number of rotatable bonds is 18. The minimum Gasteiger partial charge on any atom is -0.491 e. The van der Waals surface area contributed by atoms with Gasteiger partial charge in [0.25, 0.3) is 0 Å². The zero-order valence-corrected chi connectivity index (χ0v) is 20.1. The van der Waals surface area contributed by atoms with E-state index >= 15 is 0 Å². The molecular formula is C27H40O6. The van der Waals surface area contributed by atoms with Crippen LogP contribution in [0.3, 0.4) is 0 Å². The van der Waals surface area contributed by atoms with Crippen LogP contribution in [0, 0.1) is 0 Å². The van der Waals surface area contributed by atoms with Crippen LogP contribution in [-0.4, -0.2) is 62.1 Å². The number of hydrogen-bond acceptors (Lipinski definition) is 6. The Balaban J connectivity index is 1.68. The van der Waals surface area contributed by atoms with Gasteiger partial charge in [-0.1, -0.05) is 51.0 Å². The highest BCUT2D eigenvalue weighted by atomic mass is 16.5. The van der Waals surface area contributed by atoms with Crippen LogP contribution in [0.2, 0.25) is 0 Å². The summed E-state index contributed by atoms with van der Waals surface area (Å²) in [5.74, 6) is 1.46. The van der Waals surface area contributed by atoms with Crippen molar-refractivity contribution < 1.29 is 29.2 Å². The van der Waals surface area contributed by atoms with E-state index in [1.54, 1.807) is 0 Å². The van der Waals surface area contributed by atoms with Crippen molar-refractivity contribution in [1.82, 2.24) is 0 Å². The Kier molecular flexibility index (Phi) is 13.6. The molecule has 0 saturated carbocycles. The SMILES string of the molecule is CCCCOCC(O)COc1ccc(Cc2ccc(OCC(O)COCCCC)cc2)cc1. The summed E-state index contributed by atoms with van der Waals surface area (Å²) in [6.07, 6.45) is 3.70. The molecular weight excluding hydrogens is 420 g/mol. The third-order valence-corrected chi connectivity index (χ3v) is 5.04. The first-order chi connectivity index (χ1) is 16.1. The molecule has 0 heterocycles. The smallest absolute Gasteiger partial charge is 0.119 e. The van der Waals surface area contributed by atoms with E-state index in [-0.39, 0.29) is 13.2 Å². The Morgan fingerprint density at radius 2 is 1.00 bits per heavy atom. The average Bonchev–Trinajstić information content (AvgIpc) is 2.84. The largest absolute Gasteiger partial charge is 0.491 e. The quantitative estimate of drug-likeness (QED) is 0.321. The molecule has 2 N–H and O–H groups in total. The van der Waals surface area contributed by atoms with Crippen LogP contribution in [0.4, 0.5) is 0 Å². The van der Waals surface area contributed by atoms with E-state index in [9.17, 15) is 10.2 Å². The summed E-state index contributed by atoms with van der Waals surface area (Å²) in [6, 6.07) is 15.8. The molecule has 2 rings (SSSR count). The Morgan fingerprint density at radius 1 is 0.606 bits per heavy atom. The van der Waals surface area contributed by atoms with Gasteiger partial charge in [0.1, 0.15) is 36.9 Å². The highest BCUT2D eigenvalue weighted by molar-refractivity contribution is 5.34. The molecule has 0 spiro atoms. The molecule has 0 amide bonds. The lowest BCUT2D eigenvalue weighted by atomic mass is 10.0. The van der Waals surface area contributed by atoms with Crippen molar-refractivity contribution in [2.45, 2.75) is 58.2 Å². The molecule has 0 aromatic heterocycles. The van der Waals surface area contributed by atoms with Crippen LogP contribution in [0.5, 0.6) is 11.5 Å². The third-order valence-electron chi connectivity index (χ3n) is 5.04. The predicted octanol–water partition coefficient (Wildman–Crippen LogP) is 4.39. The van der Waals surface area contributed by atoms with Crippen LogP contribution < -0.4 is 9.47 Å². The van der Waals surface area contributed by atoms with Crippen LogP contribution in [-0.2, 0) is 15.9 Å². The van der Waals surface area contributed by atoms with Gasteiger partial charge >= 0.3 is 0 Å². The zero-order valence-electron chi connectivity index (χ0n) is 20.1. The van der Waals surface area contributed by atoms with E-state index in [2.05, 4.69) is 13.8 Å². The van der Waals surface area contributed by atoms with E-state index in [0.29, 0.717) is 26.4 Å². The topological polar surface area (TPSA) is 77.4 Å². The lowest BCUT2D eigenvalue weighted by Gasteiger charge is -2.13. The fourth-order valence-electron chi connectivity index (χ4n) is 3.06. The summed E-state index contributed by atoms with van der Waals surface area (Å²) >= 11 is 0. The molecule has 0 aliphatic heterocycles. The molecule has 33 heavy (non-hydrogen) atoms. The highest BCUT2D eigenvalue weighted by Gasteiger charge is 2.07. The number of benzene rings is 2. The van der Waals surface area contributed by atoms with E-state index in [4.69, 9.17) is 18.9 Å². The van der Waals surface area contributed by atoms with Gasteiger partial charge in [-0.05, 0) is 54.7 Å². The fraction of sp³-hybridized carbons (Fsp3) is 0.556. The first-order valence-corrected chi connectivity index (χ1v) is 12.1. The molecule has 0 fully saturated rings. The Hall–Kier alpha value is -2.12. The predicted molar refractivity (Wildman–Crippen MR) is 130 cm³/mol. The minimum atomic E-state index is -0.628. The molecule has 6 heteroatoms. The van der Waals surface area contributed by atoms with Gasteiger partial charge in [0.05, 0.1) is 13.2 Å². The van der Waals surface area contributed by atoms with Crippen molar-refractivity contribution in [3.05, 3.63) is 59.7 Å². The molecule has 2 aromatic rings. The van der Waals surface area contributed by atoms with Gasteiger partial charge in [-0.25, -0.2) is 0 Å². The van der Waals surface area contributed by atoms with Gasteiger partial charge in [-0.3, -0.25) is 0 Å². The van der Waals surface area contributed by atoms with E-state index in [1.165, 1.54) is 11.1 Å². The molecule has 6 nitrogen and oxygen atoms in total. The second-order valence-electron chi connectivity index (χ2n) is 8.25. The first-order valence-electron chi connectivity index (χ1n) is 12.1. The van der Waals surface area contributed by atoms with Crippen molar-refractivity contribution >= 4 is 0 Å². The van der Waals surface area contributed by atoms with Crippen LogP contribution >= 0.6 is 0 Å². The maximum Gasteiger partial charge on any atom is 0.119 e. The summed E-state index contributed by atoms with van der Waals surface area (Å²) in [5, 5.41) is 19.9. The minimum absolute atomic E-state index is 0.215. The zero-order chi connectivity index (χ0) is 23.7. The lowest BCUT2D eigenvalue weighted by molar-refractivity contribution is 0.0113. The second-order valence-corrected chi connectivity index (χ2v) is 8.25. The van der Waals surface area contributed by atoms with Crippen molar-refractivity contribution in [3.63, 3.8) is 0 Å². The summed E-state index contributed by atoms with van der Waals surface area (Å²) < 4.78 is 22.1. The molecule has 0 saturated heterocycles. The van der Waals surface area contributed by atoms with Gasteiger partial charge in [0.15, 0.2) is 0 Å². The number of aliphatic hydroxyl groups is 2. The van der Waals surface area contributed by atoms with Gasteiger partial charge in [-0.15, -0.1) is 0 Å². The standard InChI is InChI=1S/C27H40O6/c1-3-5-15-30-18-24(28)20-32-26-11-7-22(8-12-26)17-23-9-13-27(14-10-23)33-21-25(29)19-31-16-6-4-2/h7-14,24-25,28-29H,3-6,15-21H2,1-2H3. The van der Waals surface area contributed by atoms with Crippen molar-refractivity contribution in [1.29, 1.82) is 0 Å².